The third-order valence-corrected chi connectivity index (χ3v) is 7.83. The average molecular weight is 448 g/mol. The van der Waals surface area contributed by atoms with Crippen LogP contribution in [0.5, 0.6) is 0 Å². The Balaban J connectivity index is 1.39. The van der Waals surface area contributed by atoms with Gasteiger partial charge < -0.3 is 20.5 Å². The predicted octanol–water partition coefficient (Wildman–Crippen LogP) is 5.04. The van der Waals surface area contributed by atoms with Crippen LogP contribution in [-0.2, 0) is 9.47 Å². The molecule has 1 amide bonds. The number of nitrogens with zero attached hydrogens (tertiary/aromatic N) is 1. The first kappa shape index (κ1) is 21.5. The summed E-state index contributed by atoms with van der Waals surface area (Å²) in [6.45, 7) is 5.33. The molecule has 0 spiro atoms. The summed E-state index contributed by atoms with van der Waals surface area (Å²) in [4.78, 5) is 19.0. The van der Waals surface area contributed by atoms with Crippen LogP contribution >= 0.6 is 23.1 Å². The van der Waals surface area contributed by atoms with E-state index in [9.17, 15) is 4.79 Å². The van der Waals surface area contributed by atoms with Crippen molar-refractivity contribution in [3.8, 4) is 10.4 Å². The molecule has 2 aliphatic rings. The highest BCUT2D eigenvalue weighted by atomic mass is 32.2. The van der Waals surface area contributed by atoms with Gasteiger partial charge in [0.2, 0.25) is 0 Å². The second-order valence-corrected chi connectivity index (χ2v) is 10.6. The molecule has 2 heterocycles. The SMILES string of the molecule is CC(C)OC(=O)NC1CCC(c2ncc(-c3ccc(N)cc3SC3COC3)s2)CC1. The summed E-state index contributed by atoms with van der Waals surface area (Å²) in [5, 5.41) is 4.68. The van der Waals surface area contributed by atoms with Gasteiger partial charge in [-0.15, -0.1) is 23.1 Å². The molecule has 4 rings (SSSR count). The number of hydrogen-bond donors (Lipinski definition) is 2. The first-order valence-electron chi connectivity index (χ1n) is 10.5. The number of thioether (sulfide) groups is 1. The highest BCUT2D eigenvalue weighted by Crippen LogP contribution is 2.42. The number of alkyl carbamates (subject to hydrolysis) is 1. The molecule has 1 aliphatic carbocycles. The molecule has 162 valence electrons. The minimum Gasteiger partial charge on any atom is -0.447 e. The fourth-order valence-electron chi connectivity index (χ4n) is 3.80. The molecule has 3 N–H and O–H groups in total. The maximum Gasteiger partial charge on any atom is 0.407 e. The maximum atomic E-state index is 11.8. The fraction of sp³-hybridized carbons (Fsp3) is 0.545. The lowest BCUT2D eigenvalue weighted by Gasteiger charge is -2.28. The van der Waals surface area contributed by atoms with Gasteiger partial charge in [0.25, 0.3) is 0 Å². The van der Waals surface area contributed by atoms with E-state index in [0.717, 1.165) is 44.6 Å². The van der Waals surface area contributed by atoms with Gasteiger partial charge >= 0.3 is 6.09 Å². The number of anilines is 1. The van der Waals surface area contributed by atoms with Crippen LogP contribution in [-0.4, -0.2) is 41.7 Å². The number of nitrogens with two attached hydrogens (primary N) is 1. The zero-order chi connectivity index (χ0) is 21.1. The van der Waals surface area contributed by atoms with Gasteiger partial charge in [0.1, 0.15) is 0 Å². The lowest BCUT2D eigenvalue weighted by atomic mass is 9.86. The van der Waals surface area contributed by atoms with Gasteiger partial charge in [-0.05, 0) is 51.7 Å². The van der Waals surface area contributed by atoms with E-state index in [1.54, 1.807) is 11.3 Å². The molecule has 6 nitrogen and oxygen atoms in total. The molecule has 1 saturated carbocycles. The van der Waals surface area contributed by atoms with Crippen LogP contribution in [0.2, 0.25) is 0 Å². The van der Waals surface area contributed by atoms with Crippen molar-refractivity contribution in [1.29, 1.82) is 0 Å². The third kappa shape index (κ3) is 5.28. The van der Waals surface area contributed by atoms with E-state index in [4.69, 9.17) is 20.2 Å². The zero-order valence-corrected chi connectivity index (χ0v) is 19.1. The van der Waals surface area contributed by atoms with Crippen molar-refractivity contribution in [1.82, 2.24) is 10.3 Å². The van der Waals surface area contributed by atoms with E-state index in [-0.39, 0.29) is 18.2 Å². The van der Waals surface area contributed by atoms with Crippen molar-refractivity contribution < 1.29 is 14.3 Å². The molecule has 0 bridgehead atoms. The third-order valence-electron chi connectivity index (χ3n) is 5.44. The number of nitrogens with one attached hydrogen (secondary N) is 1. The molecule has 0 unspecified atom stereocenters. The molecule has 1 aliphatic heterocycles. The standard InChI is InChI=1S/C22H29N3O3S2/c1-13(2)28-22(26)25-16-6-3-14(4-7-16)21-24-10-20(30-21)18-8-5-15(23)9-19(18)29-17-11-27-12-17/h5,8-10,13-14,16-17H,3-4,6-7,11-12,23H2,1-2H3,(H,25,26). The zero-order valence-electron chi connectivity index (χ0n) is 17.4. The predicted molar refractivity (Wildman–Crippen MR) is 122 cm³/mol. The second kappa shape index (κ2) is 9.58. The molecule has 30 heavy (non-hydrogen) atoms. The molecule has 2 fully saturated rings. The summed E-state index contributed by atoms with van der Waals surface area (Å²) in [7, 11) is 0. The minimum absolute atomic E-state index is 0.0942. The van der Waals surface area contributed by atoms with E-state index >= 15 is 0 Å². The number of nitrogen functional groups attached to an aromatic ring is 1. The van der Waals surface area contributed by atoms with E-state index in [1.807, 2.05) is 37.9 Å². The Kier molecular flexibility index (Phi) is 6.85. The number of ether oxygens (including phenoxy) is 2. The summed E-state index contributed by atoms with van der Waals surface area (Å²) in [6.07, 6.45) is 5.56. The highest BCUT2D eigenvalue weighted by molar-refractivity contribution is 8.00. The van der Waals surface area contributed by atoms with Gasteiger partial charge in [0.05, 0.1) is 34.5 Å². The highest BCUT2D eigenvalue weighted by Gasteiger charge is 2.27. The molecule has 0 radical (unpaired) electrons. The van der Waals surface area contributed by atoms with E-state index in [1.165, 1.54) is 20.3 Å². The van der Waals surface area contributed by atoms with Crippen molar-refractivity contribution in [2.75, 3.05) is 18.9 Å². The topological polar surface area (TPSA) is 86.5 Å². The maximum absolute atomic E-state index is 11.8. The molecular formula is C22H29N3O3S2. The van der Waals surface area contributed by atoms with Crippen LogP contribution in [0.15, 0.2) is 29.3 Å². The Bertz CT molecular complexity index is 874. The van der Waals surface area contributed by atoms with Crippen molar-refractivity contribution >= 4 is 34.9 Å². The first-order valence-corrected chi connectivity index (χ1v) is 12.2. The number of aromatic nitrogens is 1. The van der Waals surface area contributed by atoms with Crippen LogP contribution in [0, 0.1) is 0 Å². The van der Waals surface area contributed by atoms with Gasteiger partial charge in [0.15, 0.2) is 0 Å². The smallest absolute Gasteiger partial charge is 0.407 e. The van der Waals surface area contributed by atoms with Crippen LogP contribution < -0.4 is 11.1 Å². The number of benzene rings is 1. The summed E-state index contributed by atoms with van der Waals surface area (Å²) in [5.74, 6) is 0.452. The molecule has 1 aromatic carbocycles. The number of rotatable bonds is 6. The Hall–Kier alpha value is -1.77. The van der Waals surface area contributed by atoms with Gasteiger partial charge in [-0.3, -0.25) is 0 Å². The van der Waals surface area contributed by atoms with Crippen molar-refractivity contribution in [3.05, 3.63) is 29.4 Å². The monoisotopic (exact) mass is 447 g/mol. The van der Waals surface area contributed by atoms with Crippen molar-refractivity contribution in [2.24, 2.45) is 0 Å². The van der Waals surface area contributed by atoms with E-state index < -0.39 is 0 Å². The fourth-order valence-corrected chi connectivity index (χ4v) is 6.19. The minimum atomic E-state index is -0.310. The summed E-state index contributed by atoms with van der Waals surface area (Å²) in [6, 6.07) is 6.32. The van der Waals surface area contributed by atoms with Crippen LogP contribution in [0.1, 0.15) is 50.5 Å². The average Bonchev–Trinajstić information content (AvgIpc) is 3.14. The van der Waals surface area contributed by atoms with Crippen LogP contribution in [0.3, 0.4) is 0 Å². The Morgan fingerprint density at radius 2 is 2.07 bits per heavy atom. The number of carbonyl (C=O) groups is 1. The normalized spacial score (nSPS) is 22.0. The number of carbonyl (C=O) groups excluding carboxylic acids is 1. The Morgan fingerprint density at radius 3 is 2.73 bits per heavy atom. The molecule has 8 heteroatoms. The molecule has 0 atom stereocenters. The lowest BCUT2D eigenvalue weighted by molar-refractivity contribution is 0.0455. The molecule has 1 saturated heterocycles. The quantitative estimate of drug-likeness (QED) is 0.603. The van der Waals surface area contributed by atoms with Gasteiger partial charge in [-0.2, -0.15) is 0 Å². The summed E-state index contributed by atoms with van der Waals surface area (Å²) >= 11 is 3.62. The number of thiazole rings is 1. The van der Waals surface area contributed by atoms with Crippen LogP contribution in [0.4, 0.5) is 10.5 Å². The molecule has 1 aromatic heterocycles. The van der Waals surface area contributed by atoms with Gasteiger partial charge in [-0.1, -0.05) is 6.07 Å². The summed E-state index contributed by atoms with van der Waals surface area (Å²) in [5.41, 5.74) is 8.03. The lowest BCUT2D eigenvalue weighted by Crippen LogP contribution is -2.38. The molecule has 2 aromatic rings. The van der Waals surface area contributed by atoms with E-state index in [0.29, 0.717) is 11.2 Å². The largest absolute Gasteiger partial charge is 0.447 e. The number of hydrogen-bond acceptors (Lipinski definition) is 7. The Morgan fingerprint density at radius 1 is 1.30 bits per heavy atom. The number of amides is 1. The van der Waals surface area contributed by atoms with Crippen molar-refractivity contribution in [2.45, 2.75) is 67.7 Å². The van der Waals surface area contributed by atoms with Crippen molar-refractivity contribution in [3.63, 3.8) is 0 Å². The first-order chi connectivity index (χ1) is 14.5. The molecular weight excluding hydrogens is 418 g/mol. The van der Waals surface area contributed by atoms with E-state index in [2.05, 4.69) is 17.4 Å². The summed E-state index contributed by atoms with van der Waals surface area (Å²) < 4.78 is 10.5. The van der Waals surface area contributed by atoms with Crippen LogP contribution in [0.25, 0.3) is 10.4 Å². The van der Waals surface area contributed by atoms with Gasteiger partial charge in [-0.25, -0.2) is 9.78 Å². The Labute approximate surface area is 185 Å². The second-order valence-electron chi connectivity index (χ2n) is 8.24. The van der Waals surface area contributed by atoms with Gasteiger partial charge in [0, 0.05) is 34.3 Å².